The molecule has 1 heterocycles. The zero-order valence-corrected chi connectivity index (χ0v) is 12.9. The van der Waals surface area contributed by atoms with E-state index in [9.17, 15) is 9.90 Å². The predicted molar refractivity (Wildman–Crippen MR) is 90.1 cm³/mol. The Morgan fingerprint density at radius 2 is 1.88 bits per heavy atom. The van der Waals surface area contributed by atoms with Gasteiger partial charge in [0.1, 0.15) is 11.6 Å². The van der Waals surface area contributed by atoms with Crippen LogP contribution in [0.4, 0.5) is 5.82 Å². The minimum Gasteiger partial charge on any atom is -0.477 e. The van der Waals surface area contributed by atoms with Gasteiger partial charge in [-0.15, -0.1) is 0 Å². The second-order valence-corrected chi connectivity index (χ2v) is 5.03. The molecule has 0 fully saturated rings. The van der Waals surface area contributed by atoms with Gasteiger partial charge < -0.3 is 15.6 Å². The van der Waals surface area contributed by atoms with Crippen molar-refractivity contribution in [2.45, 2.75) is 0 Å². The van der Waals surface area contributed by atoms with Gasteiger partial charge in [-0.1, -0.05) is 30.3 Å². The van der Waals surface area contributed by atoms with Gasteiger partial charge in [-0.3, -0.25) is 0 Å². The van der Waals surface area contributed by atoms with Crippen LogP contribution in [0.2, 0.25) is 0 Å². The fourth-order valence-electron chi connectivity index (χ4n) is 2.19. The molecule has 2 aromatic carbocycles. The first-order valence-electron chi connectivity index (χ1n) is 7.22. The molecule has 0 spiro atoms. The van der Waals surface area contributed by atoms with Crippen LogP contribution in [-0.4, -0.2) is 21.0 Å². The Bertz CT molecular complexity index is 981. The Kier molecular flexibility index (Phi) is 4.26. The lowest BCUT2D eigenvalue weighted by atomic mass is 10.1. The van der Waals surface area contributed by atoms with E-state index in [1.165, 1.54) is 0 Å². The monoisotopic (exact) mass is 332 g/mol. The molecule has 7 heteroatoms. The molecule has 0 radical (unpaired) electrons. The Morgan fingerprint density at radius 3 is 2.56 bits per heavy atom. The number of carbonyl (C=O) groups is 1. The van der Waals surface area contributed by atoms with Crippen LogP contribution in [0.5, 0.6) is 11.6 Å². The average molecular weight is 332 g/mol. The summed E-state index contributed by atoms with van der Waals surface area (Å²) in [4.78, 5) is 19.7. The summed E-state index contributed by atoms with van der Waals surface area (Å²) in [5, 5.41) is 18.4. The number of rotatable bonds is 4. The molecule has 0 aliphatic rings. The third-order valence-corrected chi connectivity index (χ3v) is 3.33. The van der Waals surface area contributed by atoms with Crippen molar-refractivity contribution in [2.24, 2.45) is 0 Å². The van der Waals surface area contributed by atoms with Crippen molar-refractivity contribution in [1.29, 1.82) is 5.26 Å². The zero-order valence-electron chi connectivity index (χ0n) is 12.9. The number of carboxylic acids is 1. The lowest BCUT2D eigenvalue weighted by Gasteiger charge is -2.11. The maximum atomic E-state index is 11.5. The second kappa shape index (κ2) is 6.68. The van der Waals surface area contributed by atoms with E-state index in [0.717, 1.165) is 0 Å². The molecule has 0 aliphatic heterocycles. The van der Waals surface area contributed by atoms with Gasteiger partial charge >= 0.3 is 5.97 Å². The van der Waals surface area contributed by atoms with Crippen LogP contribution in [0.1, 0.15) is 15.9 Å². The van der Waals surface area contributed by atoms with Gasteiger partial charge in [-0.2, -0.15) is 10.2 Å². The van der Waals surface area contributed by atoms with Crippen LogP contribution < -0.4 is 10.5 Å². The van der Waals surface area contributed by atoms with E-state index in [2.05, 4.69) is 9.97 Å². The molecule has 3 rings (SSSR count). The molecule has 0 amide bonds. The van der Waals surface area contributed by atoms with E-state index in [0.29, 0.717) is 16.9 Å². The van der Waals surface area contributed by atoms with Crippen molar-refractivity contribution in [3.63, 3.8) is 0 Å². The third kappa shape index (κ3) is 3.38. The number of para-hydroxylation sites is 1. The van der Waals surface area contributed by atoms with Crippen LogP contribution >= 0.6 is 0 Å². The molecule has 1 aromatic heterocycles. The number of nitrogens with two attached hydrogens (primary N) is 1. The number of nitrogens with zero attached hydrogens (tertiary/aromatic N) is 3. The van der Waals surface area contributed by atoms with Gasteiger partial charge in [-0.05, 0) is 24.3 Å². The fourth-order valence-corrected chi connectivity index (χ4v) is 2.19. The second-order valence-electron chi connectivity index (χ2n) is 5.03. The Hall–Kier alpha value is -3.92. The highest BCUT2D eigenvalue weighted by Gasteiger charge is 2.21. The number of aromatic nitrogens is 2. The molecule has 7 nitrogen and oxygen atoms in total. The lowest BCUT2D eigenvalue weighted by Crippen LogP contribution is -2.10. The highest BCUT2D eigenvalue weighted by molar-refractivity contribution is 5.95. The highest BCUT2D eigenvalue weighted by Crippen LogP contribution is 2.29. The van der Waals surface area contributed by atoms with Crippen molar-refractivity contribution >= 4 is 11.8 Å². The summed E-state index contributed by atoms with van der Waals surface area (Å²) < 4.78 is 5.59. The van der Waals surface area contributed by atoms with E-state index in [4.69, 9.17) is 15.7 Å². The fraction of sp³-hybridized carbons (Fsp3) is 0. The largest absolute Gasteiger partial charge is 0.477 e. The number of hydrogen-bond donors (Lipinski definition) is 2. The standard InChI is InChI=1S/C18H12N4O3/c19-10-11-5-4-6-12(9-11)16-21-15(20)14(18(23)24)17(22-16)25-13-7-2-1-3-8-13/h1-9H,(H,23,24)(H2,20,21,22). The Labute approximate surface area is 143 Å². The number of nitrogen functional groups attached to an aromatic ring is 1. The molecular formula is C18H12N4O3. The topological polar surface area (TPSA) is 122 Å². The Morgan fingerprint density at radius 1 is 1.12 bits per heavy atom. The summed E-state index contributed by atoms with van der Waals surface area (Å²) in [7, 11) is 0. The summed E-state index contributed by atoms with van der Waals surface area (Å²) in [6.07, 6.45) is 0. The van der Waals surface area contributed by atoms with Gasteiger partial charge in [0, 0.05) is 5.56 Å². The lowest BCUT2D eigenvalue weighted by molar-refractivity contribution is 0.0694. The van der Waals surface area contributed by atoms with Crippen molar-refractivity contribution in [3.05, 3.63) is 65.7 Å². The molecule has 0 saturated carbocycles. The molecule has 0 bridgehead atoms. The molecule has 3 N–H and O–H groups in total. The number of anilines is 1. The summed E-state index contributed by atoms with van der Waals surface area (Å²) in [6, 6.07) is 17.3. The molecule has 25 heavy (non-hydrogen) atoms. The smallest absolute Gasteiger partial charge is 0.345 e. The number of benzene rings is 2. The van der Waals surface area contributed by atoms with Crippen molar-refractivity contribution in [3.8, 4) is 29.1 Å². The number of aromatic carboxylic acids is 1. The van der Waals surface area contributed by atoms with E-state index in [1.54, 1.807) is 54.6 Å². The summed E-state index contributed by atoms with van der Waals surface area (Å²) in [5.74, 6) is -1.08. The summed E-state index contributed by atoms with van der Waals surface area (Å²) >= 11 is 0. The van der Waals surface area contributed by atoms with Crippen molar-refractivity contribution in [2.75, 3.05) is 5.73 Å². The van der Waals surface area contributed by atoms with E-state index in [-0.39, 0.29) is 23.1 Å². The van der Waals surface area contributed by atoms with Crippen LogP contribution in [0, 0.1) is 11.3 Å². The quantitative estimate of drug-likeness (QED) is 0.752. The van der Waals surface area contributed by atoms with Gasteiger partial charge in [0.25, 0.3) is 0 Å². The number of ether oxygens (including phenoxy) is 1. The minimum atomic E-state index is -1.29. The SMILES string of the molecule is N#Cc1cccc(-c2nc(N)c(C(=O)O)c(Oc3ccccc3)n2)c1. The molecule has 0 aliphatic carbocycles. The van der Waals surface area contributed by atoms with Crippen LogP contribution in [-0.2, 0) is 0 Å². The van der Waals surface area contributed by atoms with E-state index in [1.807, 2.05) is 6.07 Å². The van der Waals surface area contributed by atoms with Crippen molar-refractivity contribution in [1.82, 2.24) is 9.97 Å². The number of carboxylic acid groups (broad SMARTS) is 1. The highest BCUT2D eigenvalue weighted by atomic mass is 16.5. The minimum absolute atomic E-state index is 0.163. The maximum Gasteiger partial charge on any atom is 0.345 e. The van der Waals surface area contributed by atoms with Gasteiger partial charge in [0.15, 0.2) is 11.4 Å². The Balaban J connectivity index is 2.13. The predicted octanol–water partition coefficient (Wildman–Crippen LogP) is 3.09. The van der Waals surface area contributed by atoms with E-state index < -0.39 is 5.97 Å². The molecule has 0 atom stereocenters. The number of nitriles is 1. The van der Waals surface area contributed by atoms with Gasteiger partial charge in [-0.25, -0.2) is 9.78 Å². The molecule has 3 aromatic rings. The number of hydrogen-bond acceptors (Lipinski definition) is 6. The van der Waals surface area contributed by atoms with Gasteiger partial charge in [0.05, 0.1) is 11.6 Å². The van der Waals surface area contributed by atoms with Crippen LogP contribution in [0.15, 0.2) is 54.6 Å². The summed E-state index contributed by atoms with van der Waals surface area (Å²) in [5.41, 5.74) is 6.44. The first kappa shape index (κ1) is 16.0. The average Bonchev–Trinajstić information content (AvgIpc) is 2.62. The molecular weight excluding hydrogens is 320 g/mol. The first-order valence-corrected chi connectivity index (χ1v) is 7.22. The molecule has 0 unspecified atom stereocenters. The first-order chi connectivity index (χ1) is 12.1. The molecule has 0 saturated heterocycles. The van der Waals surface area contributed by atoms with Crippen LogP contribution in [0.3, 0.4) is 0 Å². The zero-order chi connectivity index (χ0) is 17.8. The van der Waals surface area contributed by atoms with Gasteiger partial charge in [0.2, 0.25) is 5.88 Å². The summed E-state index contributed by atoms with van der Waals surface area (Å²) in [6.45, 7) is 0. The van der Waals surface area contributed by atoms with Crippen LogP contribution in [0.25, 0.3) is 11.4 Å². The maximum absolute atomic E-state index is 11.5. The van der Waals surface area contributed by atoms with E-state index >= 15 is 0 Å². The normalized spacial score (nSPS) is 10.0. The molecule has 122 valence electrons. The third-order valence-electron chi connectivity index (χ3n) is 3.33. The van der Waals surface area contributed by atoms with Crippen molar-refractivity contribution < 1.29 is 14.6 Å².